The number of benzene rings is 1. The van der Waals surface area contributed by atoms with Gasteiger partial charge in [-0.15, -0.1) is 0 Å². The molecule has 1 atom stereocenters. The molecule has 28 heavy (non-hydrogen) atoms. The second-order valence-corrected chi connectivity index (χ2v) is 7.68. The highest BCUT2D eigenvalue weighted by Crippen LogP contribution is 2.33. The first-order chi connectivity index (χ1) is 13.3. The summed E-state index contributed by atoms with van der Waals surface area (Å²) in [7, 11) is 0. The van der Waals surface area contributed by atoms with E-state index >= 15 is 0 Å². The molecule has 2 aromatic heterocycles. The summed E-state index contributed by atoms with van der Waals surface area (Å²) in [4.78, 5) is 8.65. The molecule has 2 heterocycles. The van der Waals surface area contributed by atoms with Crippen LogP contribution >= 0.6 is 11.6 Å². The Hall–Kier alpha value is -2.28. The number of anilines is 1. The largest absolute Gasteiger partial charge is 0.416 e. The maximum Gasteiger partial charge on any atom is 0.416 e. The van der Waals surface area contributed by atoms with E-state index in [-0.39, 0.29) is 11.3 Å². The Morgan fingerprint density at radius 2 is 1.89 bits per heavy atom. The van der Waals surface area contributed by atoms with Gasteiger partial charge in [0, 0.05) is 18.8 Å². The fourth-order valence-electron chi connectivity index (χ4n) is 3.58. The number of alkyl halides is 3. The van der Waals surface area contributed by atoms with E-state index in [0.29, 0.717) is 23.8 Å². The van der Waals surface area contributed by atoms with E-state index in [4.69, 9.17) is 11.6 Å². The molecule has 148 valence electrons. The van der Waals surface area contributed by atoms with Crippen LogP contribution in [0.1, 0.15) is 37.3 Å². The van der Waals surface area contributed by atoms with Crippen LogP contribution < -0.4 is 5.32 Å². The average Bonchev–Trinajstić information content (AvgIpc) is 2.95. The highest BCUT2D eigenvalue weighted by molar-refractivity contribution is 6.28. The van der Waals surface area contributed by atoms with Crippen LogP contribution in [0.15, 0.2) is 36.5 Å². The van der Waals surface area contributed by atoms with Gasteiger partial charge >= 0.3 is 6.18 Å². The van der Waals surface area contributed by atoms with E-state index in [1.165, 1.54) is 31.4 Å². The first-order valence-corrected chi connectivity index (χ1v) is 9.64. The Bertz CT molecular complexity index is 978. The maximum atomic E-state index is 12.8. The Balaban J connectivity index is 1.64. The summed E-state index contributed by atoms with van der Waals surface area (Å²) >= 11 is 6.09. The van der Waals surface area contributed by atoms with Gasteiger partial charge in [0.25, 0.3) is 0 Å². The van der Waals surface area contributed by atoms with Crippen molar-refractivity contribution in [2.24, 2.45) is 5.92 Å². The van der Waals surface area contributed by atoms with Gasteiger partial charge in [-0.25, -0.2) is 4.98 Å². The topological polar surface area (TPSA) is 42.7 Å². The molecule has 0 bridgehead atoms. The van der Waals surface area contributed by atoms with Gasteiger partial charge in [-0.3, -0.25) is 0 Å². The molecule has 4 rings (SSSR count). The maximum absolute atomic E-state index is 12.8. The lowest BCUT2D eigenvalue weighted by molar-refractivity contribution is -0.137. The number of fused-ring (bicyclic) bond motifs is 1. The van der Waals surface area contributed by atoms with E-state index in [0.717, 1.165) is 23.2 Å². The standard InChI is InChI=1S/C20H20ClF3N4/c1-12(14-3-2-4-14)25-18-17-16(26-19(21)27-18)9-10-28(17)11-13-5-7-15(8-6-13)20(22,23)24/h5-10,12,14H,2-4,11H2,1H3,(H,25,26,27). The minimum Gasteiger partial charge on any atom is -0.365 e. The van der Waals surface area contributed by atoms with Crippen molar-refractivity contribution in [3.05, 3.63) is 52.9 Å². The fraction of sp³-hybridized carbons (Fsp3) is 0.400. The quantitative estimate of drug-likeness (QED) is 0.546. The van der Waals surface area contributed by atoms with Crippen LogP contribution in [0, 0.1) is 5.92 Å². The van der Waals surface area contributed by atoms with Crippen molar-refractivity contribution in [1.29, 1.82) is 0 Å². The predicted octanol–water partition coefficient (Wildman–Crippen LogP) is 5.75. The zero-order chi connectivity index (χ0) is 19.9. The molecule has 1 aliphatic carbocycles. The normalized spacial score (nSPS) is 16.2. The van der Waals surface area contributed by atoms with Crippen molar-refractivity contribution in [3.63, 3.8) is 0 Å². The summed E-state index contributed by atoms with van der Waals surface area (Å²) in [6.45, 7) is 2.55. The van der Waals surface area contributed by atoms with Crippen molar-refractivity contribution < 1.29 is 13.2 Å². The van der Waals surface area contributed by atoms with Crippen LogP contribution in [0.3, 0.4) is 0 Å². The minimum absolute atomic E-state index is 0.170. The smallest absolute Gasteiger partial charge is 0.365 e. The zero-order valence-corrected chi connectivity index (χ0v) is 16.1. The van der Waals surface area contributed by atoms with Crippen molar-refractivity contribution in [1.82, 2.24) is 14.5 Å². The Morgan fingerprint density at radius 1 is 1.18 bits per heavy atom. The molecule has 0 aliphatic heterocycles. The van der Waals surface area contributed by atoms with Gasteiger partial charge in [0.05, 0.1) is 11.1 Å². The van der Waals surface area contributed by atoms with Gasteiger partial charge in [-0.1, -0.05) is 18.6 Å². The summed E-state index contributed by atoms with van der Waals surface area (Å²) in [6.07, 6.45) is 1.16. The molecule has 1 aromatic carbocycles. The number of rotatable bonds is 5. The molecule has 1 saturated carbocycles. The van der Waals surface area contributed by atoms with E-state index in [2.05, 4.69) is 22.2 Å². The van der Waals surface area contributed by atoms with Gasteiger partial charge in [-0.05, 0) is 61.0 Å². The zero-order valence-electron chi connectivity index (χ0n) is 15.3. The number of aromatic nitrogens is 3. The molecule has 1 unspecified atom stereocenters. The third-order valence-electron chi connectivity index (χ3n) is 5.44. The van der Waals surface area contributed by atoms with Crippen molar-refractivity contribution in [3.8, 4) is 0 Å². The lowest BCUT2D eigenvalue weighted by atomic mass is 9.80. The molecule has 4 nitrogen and oxygen atoms in total. The van der Waals surface area contributed by atoms with Crippen LogP contribution in [0.2, 0.25) is 5.28 Å². The molecular formula is C20H20ClF3N4. The molecule has 0 amide bonds. The van der Waals surface area contributed by atoms with Gasteiger partial charge in [0.15, 0.2) is 5.82 Å². The van der Waals surface area contributed by atoms with Gasteiger partial charge in [0.2, 0.25) is 5.28 Å². The van der Waals surface area contributed by atoms with Crippen molar-refractivity contribution in [2.45, 2.75) is 44.9 Å². The fourth-order valence-corrected chi connectivity index (χ4v) is 3.76. The van der Waals surface area contributed by atoms with Crippen LogP contribution in [-0.2, 0) is 12.7 Å². The summed E-state index contributed by atoms with van der Waals surface area (Å²) in [5, 5.41) is 3.63. The van der Waals surface area contributed by atoms with E-state index in [1.54, 1.807) is 0 Å². The van der Waals surface area contributed by atoms with Crippen LogP contribution in [0.5, 0.6) is 0 Å². The van der Waals surface area contributed by atoms with Crippen LogP contribution in [-0.4, -0.2) is 20.6 Å². The predicted molar refractivity (Wildman–Crippen MR) is 104 cm³/mol. The molecule has 0 saturated heterocycles. The van der Waals surface area contributed by atoms with Crippen molar-refractivity contribution in [2.75, 3.05) is 5.32 Å². The summed E-state index contributed by atoms with van der Waals surface area (Å²) in [5.41, 5.74) is 1.62. The SMILES string of the molecule is CC(Nc1nc(Cl)nc2ccn(Cc3ccc(C(F)(F)F)cc3)c12)C1CCC1. The number of nitrogens with one attached hydrogen (secondary N) is 1. The molecule has 0 spiro atoms. The lowest BCUT2D eigenvalue weighted by Crippen LogP contribution is -2.31. The Labute approximate surface area is 165 Å². The molecule has 1 aliphatic rings. The second kappa shape index (κ2) is 7.28. The highest BCUT2D eigenvalue weighted by atomic mass is 35.5. The Kier molecular flexibility index (Phi) is 4.95. The summed E-state index contributed by atoms with van der Waals surface area (Å²) < 4.78 is 40.3. The molecule has 3 aromatic rings. The molecule has 1 N–H and O–H groups in total. The molecule has 8 heteroatoms. The van der Waals surface area contributed by atoms with Crippen LogP contribution in [0.4, 0.5) is 19.0 Å². The Morgan fingerprint density at radius 3 is 2.50 bits per heavy atom. The van der Waals surface area contributed by atoms with E-state index < -0.39 is 11.7 Å². The highest BCUT2D eigenvalue weighted by Gasteiger charge is 2.30. The van der Waals surface area contributed by atoms with Gasteiger partial charge < -0.3 is 9.88 Å². The third-order valence-corrected chi connectivity index (χ3v) is 5.61. The summed E-state index contributed by atoms with van der Waals surface area (Å²) in [5.74, 6) is 1.27. The molecular weight excluding hydrogens is 389 g/mol. The summed E-state index contributed by atoms with van der Waals surface area (Å²) in [6, 6.07) is 7.30. The first-order valence-electron chi connectivity index (χ1n) is 9.26. The van der Waals surface area contributed by atoms with Gasteiger partial charge in [-0.2, -0.15) is 18.2 Å². The van der Waals surface area contributed by atoms with Crippen LogP contribution in [0.25, 0.3) is 11.0 Å². The monoisotopic (exact) mass is 408 g/mol. The van der Waals surface area contributed by atoms with E-state index in [9.17, 15) is 13.2 Å². The molecule has 1 fully saturated rings. The average molecular weight is 409 g/mol. The van der Waals surface area contributed by atoms with Crippen molar-refractivity contribution >= 4 is 28.5 Å². The van der Waals surface area contributed by atoms with Gasteiger partial charge in [0.1, 0.15) is 5.52 Å². The molecule has 0 radical (unpaired) electrons. The van der Waals surface area contributed by atoms with E-state index in [1.807, 2.05) is 16.8 Å². The number of nitrogens with zero attached hydrogens (tertiary/aromatic N) is 3. The minimum atomic E-state index is -4.34. The number of halogens is 4. The second-order valence-electron chi connectivity index (χ2n) is 7.34. The lowest BCUT2D eigenvalue weighted by Gasteiger charge is -2.32. The third kappa shape index (κ3) is 3.81. The first kappa shape index (κ1) is 19.1. The number of hydrogen-bond donors (Lipinski definition) is 1. The number of hydrogen-bond acceptors (Lipinski definition) is 3.